The molecule has 0 bridgehead atoms. The van der Waals surface area contributed by atoms with E-state index in [-0.39, 0.29) is 10.5 Å². The van der Waals surface area contributed by atoms with Gasteiger partial charge in [-0.25, -0.2) is 0 Å². The van der Waals surface area contributed by atoms with Crippen LogP contribution in [-0.2, 0) is 15.5 Å². The van der Waals surface area contributed by atoms with Gasteiger partial charge in [0.15, 0.2) is 0 Å². The SMILES string of the molecule is CC(C)(C)[Si](C)(C)F.COc1ccc(C(C)(C)c2ccc(OS(C)(=O)=O)cc2)cc1. The number of rotatable bonds is 5. The van der Waals surface area contributed by atoms with Crippen molar-refractivity contribution in [3.8, 4) is 11.5 Å². The molecule has 0 aromatic heterocycles. The maximum Gasteiger partial charge on any atom is 0.306 e. The van der Waals surface area contributed by atoms with Crippen molar-refractivity contribution in [1.82, 2.24) is 0 Å². The van der Waals surface area contributed by atoms with Gasteiger partial charge in [0.05, 0.1) is 13.4 Å². The topological polar surface area (TPSA) is 52.6 Å². The lowest BCUT2D eigenvalue weighted by Crippen LogP contribution is -2.31. The van der Waals surface area contributed by atoms with Crippen molar-refractivity contribution in [2.75, 3.05) is 13.4 Å². The summed E-state index contributed by atoms with van der Waals surface area (Å²) >= 11 is 0. The third-order valence-electron chi connectivity index (χ3n) is 5.42. The fourth-order valence-electron chi connectivity index (χ4n) is 2.28. The zero-order valence-electron chi connectivity index (χ0n) is 19.5. The normalized spacial score (nSPS) is 12.6. The van der Waals surface area contributed by atoms with Crippen LogP contribution in [0.4, 0.5) is 4.11 Å². The van der Waals surface area contributed by atoms with E-state index in [4.69, 9.17) is 8.92 Å². The number of ether oxygens (including phenoxy) is 1. The van der Waals surface area contributed by atoms with Gasteiger partial charge in [-0.3, -0.25) is 0 Å². The second kappa shape index (κ2) is 9.52. The predicted molar refractivity (Wildman–Crippen MR) is 125 cm³/mol. The van der Waals surface area contributed by atoms with Gasteiger partial charge in [0.25, 0.3) is 0 Å². The average Bonchev–Trinajstić information content (AvgIpc) is 2.59. The van der Waals surface area contributed by atoms with Crippen LogP contribution in [0.3, 0.4) is 0 Å². The standard InChI is InChI=1S/C17H20O4S.C6H15FSi/c1-17(2,13-5-9-15(20-3)10-6-13)14-7-11-16(12-8-14)21-22(4,18)19;1-6(2,3)8(4,5)7/h5-12H,1-4H3;1-5H3. The van der Waals surface area contributed by atoms with Crippen molar-refractivity contribution < 1.29 is 21.4 Å². The summed E-state index contributed by atoms with van der Waals surface area (Å²) in [4.78, 5) is 0. The van der Waals surface area contributed by atoms with E-state index in [1.54, 1.807) is 32.3 Å². The van der Waals surface area contributed by atoms with E-state index in [2.05, 4.69) is 13.8 Å². The van der Waals surface area contributed by atoms with E-state index < -0.39 is 18.5 Å². The number of methoxy groups -OCH3 is 1. The first-order valence-corrected chi connectivity index (χ1v) is 14.5. The van der Waals surface area contributed by atoms with Gasteiger partial charge < -0.3 is 13.0 Å². The molecule has 0 atom stereocenters. The molecule has 0 aliphatic heterocycles. The highest BCUT2D eigenvalue weighted by molar-refractivity contribution is 7.86. The maximum absolute atomic E-state index is 13.0. The zero-order valence-corrected chi connectivity index (χ0v) is 21.4. The minimum atomic E-state index is -3.50. The first-order chi connectivity index (χ1) is 13.5. The Morgan fingerprint density at radius 1 is 0.800 bits per heavy atom. The molecule has 0 amide bonds. The summed E-state index contributed by atoms with van der Waals surface area (Å²) in [6.07, 6.45) is 1.03. The molecule has 0 unspecified atom stereocenters. The Morgan fingerprint density at radius 3 is 1.40 bits per heavy atom. The lowest BCUT2D eigenvalue weighted by Gasteiger charge is -2.27. The molecule has 2 rings (SSSR count). The highest BCUT2D eigenvalue weighted by Gasteiger charge is 2.35. The Labute approximate surface area is 182 Å². The lowest BCUT2D eigenvalue weighted by molar-refractivity contribution is 0.414. The van der Waals surface area contributed by atoms with Gasteiger partial charge in [-0.2, -0.15) is 8.42 Å². The first kappa shape index (κ1) is 26.2. The van der Waals surface area contributed by atoms with Crippen LogP contribution < -0.4 is 8.92 Å². The van der Waals surface area contributed by atoms with Crippen molar-refractivity contribution in [1.29, 1.82) is 0 Å². The summed E-state index contributed by atoms with van der Waals surface area (Å²) in [6.45, 7) is 13.6. The quantitative estimate of drug-likeness (QED) is 0.301. The van der Waals surface area contributed by atoms with Crippen molar-refractivity contribution in [3.63, 3.8) is 0 Å². The summed E-state index contributed by atoms with van der Waals surface area (Å²) in [5, 5.41) is -0.0903. The van der Waals surface area contributed by atoms with Crippen LogP contribution >= 0.6 is 0 Å². The smallest absolute Gasteiger partial charge is 0.306 e. The third kappa shape index (κ3) is 7.76. The van der Waals surface area contributed by atoms with E-state index in [9.17, 15) is 12.5 Å². The van der Waals surface area contributed by atoms with Crippen LogP contribution in [0.25, 0.3) is 0 Å². The number of hydrogen-bond acceptors (Lipinski definition) is 4. The molecule has 0 fully saturated rings. The molecule has 30 heavy (non-hydrogen) atoms. The fourth-order valence-corrected chi connectivity index (χ4v) is 2.74. The van der Waals surface area contributed by atoms with Crippen LogP contribution in [0.5, 0.6) is 11.5 Å². The summed E-state index contributed by atoms with van der Waals surface area (Å²) in [6, 6.07) is 15.0. The highest BCUT2D eigenvalue weighted by atomic mass is 32.2. The molecule has 4 nitrogen and oxygen atoms in total. The van der Waals surface area contributed by atoms with E-state index in [0.29, 0.717) is 5.75 Å². The van der Waals surface area contributed by atoms with E-state index in [1.807, 2.05) is 57.2 Å². The van der Waals surface area contributed by atoms with Gasteiger partial charge in [0.1, 0.15) is 11.5 Å². The lowest BCUT2D eigenvalue weighted by atomic mass is 9.78. The molecule has 0 spiro atoms. The Kier molecular flexibility index (Phi) is 8.30. The number of hydrogen-bond donors (Lipinski definition) is 0. The molecule has 2 aromatic carbocycles. The van der Waals surface area contributed by atoms with Gasteiger partial charge in [-0.15, -0.1) is 0 Å². The van der Waals surface area contributed by atoms with Crippen LogP contribution in [0, 0.1) is 0 Å². The first-order valence-electron chi connectivity index (χ1n) is 9.81. The second-order valence-corrected chi connectivity index (χ2v) is 15.4. The molecule has 2 aromatic rings. The van der Waals surface area contributed by atoms with Crippen LogP contribution in [0.15, 0.2) is 48.5 Å². The molecular weight excluding hydrogens is 419 g/mol. The molecule has 0 N–H and O–H groups in total. The Balaban J connectivity index is 0.000000479. The Bertz CT molecular complexity index is 896. The van der Waals surface area contributed by atoms with E-state index in [0.717, 1.165) is 23.1 Å². The summed E-state index contributed by atoms with van der Waals surface area (Å²) in [5.41, 5.74) is 2.00. The maximum atomic E-state index is 13.0. The van der Waals surface area contributed by atoms with Crippen molar-refractivity contribution in [3.05, 3.63) is 59.7 Å². The van der Waals surface area contributed by atoms with Gasteiger partial charge >= 0.3 is 10.1 Å². The third-order valence-corrected chi connectivity index (χ3v) is 9.48. The summed E-state index contributed by atoms with van der Waals surface area (Å²) < 4.78 is 45.3. The summed E-state index contributed by atoms with van der Waals surface area (Å²) in [5.74, 6) is 1.13. The largest absolute Gasteiger partial charge is 0.497 e. The predicted octanol–water partition coefficient (Wildman–Crippen LogP) is 6.32. The van der Waals surface area contributed by atoms with Gasteiger partial charge in [-0.05, 0) is 53.5 Å². The molecule has 0 aliphatic carbocycles. The van der Waals surface area contributed by atoms with E-state index in [1.165, 1.54) is 0 Å². The molecule has 0 saturated carbocycles. The average molecular weight is 455 g/mol. The molecule has 0 saturated heterocycles. The monoisotopic (exact) mass is 454 g/mol. The molecule has 7 heteroatoms. The van der Waals surface area contributed by atoms with Crippen LogP contribution in [-0.4, -0.2) is 30.2 Å². The molecular formula is C23H35FO4SSi. The van der Waals surface area contributed by atoms with Crippen LogP contribution in [0.1, 0.15) is 45.7 Å². The van der Waals surface area contributed by atoms with Crippen molar-refractivity contribution in [2.24, 2.45) is 0 Å². The molecule has 0 aliphatic rings. The minimum absolute atomic E-state index is 0.0903. The molecule has 0 heterocycles. The minimum Gasteiger partial charge on any atom is -0.497 e. The second-order valence-electron chi connectivity index (χ2n) is 9.39. The Morgan fingerprint density at radius 2 is 1.13 bits per heavy atom. The fraction of sp³-hybridized carbons (Fsp3) is 0.478. The number of benzene rings is 2. The van der Waals surface area contributed by atoms with Gasteiger partial charge in [0, 0.05) is 5.41 Å². The Hall–Kier alpha value is -1.86. The van der Waals surface area contributed by atoms with Gasteiger partial charge in [-0.1, -0.05) is 58.9 Å². The molecule has 0 radical (unpaired) electrons. The van der Waals surface area contributed by atoms with Crippen LogP contribution in [0.2, 0.25) is 18.1 Å². The number of halogens is 1. The molecule has 168 valence electrons. The summed E-state index contributed by atoms with van der Waals surface area (Å²) in [7, 11) is -4.22. The van der Waals surface area contributed by atoms with E-state index >= 15 is 0 Å². The van der Waals surface area contributed by atoms with Gasteiger partial charge in [0.2, 0.25) is 8.41 Å². The van der Waals surface area contributed by atoms with Crippen molar-refractivity contribution >= 4 is 18.5 Å². The highest BCUT2D eigenvalue weighted by Crippen LogP contribution is 2.36. The van der Waals surface area contributed by atoms with Crippen molar-refractivity contribution in [2.45, 2.75) is 58.2 Å². The zero-order chi connectivity index (χ0) is 23.4.